The molecule has 2 aromatic heterocycles. The monoisotopic (exact) mass is 289 g/mol. The second kappa shape index (κ2) is 6.81. The lowest BCUT2D eigenvalue weighted by Crippen LogP contribution is -2.27. The molecule has 2 heterocycles. The van der Waals surface area contributed by atoms with Gasteiger partial charge in [-0.05, 0) is 30.5 Å². The number of pyridine rings is 1. The summed E-state index contributed by atoms with van der Waals surface area (Å²) in [7, 11) is 0. The summed E-state index contributed by atoms with van der Waals surface area (Å²) >= 11 is 1.37. The molecule has 0 atom stereocenters. The van der Waals surface area contributed by atoms with Crippen LogP contribution in [0.25, 0.3) is 0 Å². The Bertz CT molecular complexity index is 596. The highest BCUT2D eigenvalue weighted by molar-refractivity contribution is 7.12. The molecule has 0 unspecified atom stereocenters. The number of aryl methyl sites for hydroxylation is 1. The van der Waals surface area contributed by atoms with E-state index in [-0.39, 0.29) is 18.2 Å². The van der Waals surface area contributed by atoms with Gasteiger partial charge in [-0.15, -0.1) is 11.3 Å². The van der Waals surface area contributed by atoms with Gasteiger partial charge in [0.1, 0.15) is 5.82 Å². The third-order valence-electron chi connectivity index (χ3n) is 2.54. The van der Waals surface area contributed by atoms with Crippen LogP contribution in [0.4, 0.5) is 5.82 Å². The molecule has 0 bridgehead atoms. The summed E-state index contributed by atoms with van der Waals surface area (Å²) in [5.74, 6) is 0.204. The van der Waals surface area contributed by atoms with E-state index in [2.05, 4.69) is 15.6 Å². The van der Waals surface area contributed by atoms with Crippen molar-refractivity contribution in [2.75, 3.05) is 11.9 Å². The number of carbonyl (C=O) groups excluding carboxylic acids is 2. The van der Waals surface area contributed by atoms with Crippen LogP contribution in [-0.4, -0.2) is 23.3 Å². The highest BCUT2D eigenvalue weighted by Gasteiger charge is 2.07. The molecule has 0 aromatic carbocycles. The van der Waals surface area contributed by atoms with E-state index in [1.165, 1.54) is 11.3 Å². The third kappa shape index (κ3) is 4.17. The summed E-state index contributed by atoms with van der Waals surface area (Å²) < 4.78 is 0. The Morgan fingerprint density at radius 3 is 2.80 bits per heavy atom. The van der Waals surface area contributed by atoms with Crippen LogP contribution in [0.15, 0.2) is 35.7 Å². The first-order chi connectivity index (χ1) is 9.65. The Morgan fingerprint density at radius 1 is 1.25 bits per heavy atom. The van der Waals surface area contributed by atoms with Crippen molar-refractivity contribution in [2.45, 2.75) is 13.3 Å². The highest BCUT2D eigenvalue weighted by Crippen LogP contribution is 2.07. The van der Waals surface area contributed by atoms with Gasteiger partial charge in [-0.1, -0.05) is 12.1 Å². The Hall–Kier alpha value is -2.21. The molecule has 0 aliphatic heterocycles. The number of nitrogens with one attached hydrogen (secondary N) is 2. The summed E-state index contributed by atoms with van der Waals surface area (Å²) in [6.45, 7) is 2.16. The smallest absolute Gasteiger partial charge is 0.261 e. The molecule has 0 saturated carbocycles. The van der Waals surface area contributed by atoms with E-state index in [9.17, 15) is 9.59 Å². The normalized spacial score (nSPS) is 10.1. The van der Waals surface area contributed by atoms with Crippen molar-refractivity contribution < 1.29 is 9.59 Å². The summed E-state index contributed by atoms with van der Waals surface area (Å²) in [6, 6.07) is 8.98. The molecule has 0 aliphatic carbocycles. The molecular formula is C14H15N3O2S. The molecule has 6 heteroatoms. The molecule has 0 radical (unpaired) electrons. The number of amides is 2. The summed E-state index contributed by atoms with van der Waals surface area (Å²) in [6.07, 6.45) is 0.215. The minimum absolute atomic E-state index is 0.151. The number of hydrogen-bond donors (Lipinski definition) is 2. The molecule has 2 N–H and O–H groups in total. The lowest BCUT2D eigenvalue weighted by molar-refractivity contribution is -0.116. The molecule has 5 nitrogen and oxygen atoms in total. The number of rotatable bonds is 5. The van der Waals surface area contributed by atoms with Gasteiger partial charge in [0, 0.05) is 18.7 Å². The van der Waals surface area contributed by atoms with Crippen LogP contribution in [0.1, 0.15) is 21.8 Å². The van der Waals surface area contributed by atoms with Crippen molar-refractivity contribution >= 4 is 29.0 Å². The molecule has 104 valence electrons. The van der Waals surface area contributed by atoms with Crippen LogP contribution in [0.2, 0.25) is 0 Å². The van der Waals surface area contributed by atoms with E-state index in [4.69, 9.17) is 0 Å². The van der Waals surface area contributed by atoms with Crippen LogP contribution in [0, 0.1) is 6.92 Å². The Kier molecular flexibility index (Phi) is 4.84. The van der Waals surface area contributed by atoms with Gasteiger partial charge in [0.25, 0.3) is 5.91 Å². The molecule has 20 heavy (non-hydrogen) atoms. The Labute approximate surface area is 121 Å². The van der Waals surface area contributed by atoms with E-state index < -0.39 is 0 Å². The van der Waals surface area contributed by atoms with Gasteiger partial charge in [-0.25, -0.2) is 4.98 Å². The molecule has 0 aliphatic rings. The first-order valence-corrected chi connectivity index (χ1v) is 7.08. The Balaban J connectivity index is 1.74. The average Bonchev–Trinajstić information content (AvgIpc) is 2.92. The number of aromatic nitrogens is 1. The molecule has 0 saturated heterocycles. The molecular weight excluding hydrogens is 274 g/mol. The zero-order valence-electron chi connectivity index (χ0n) is 11.1. The van der Waals surface area contributed by atoms with Crippen LogP contribution >= 0.6 is 11.3 Å². The topological polar surface area (TPSA) is 71.1 Å². The van der Waals surface area contributed by atoms with E-state index in [0.29, 0.717) is 17.2 Å². The van der Waals surface area contributed by atoms with Gasteiger partial charge >= 0.3 is 0 Å². The molecule has 0 fully saturated rings. The van der Waals surface area contributed by atoms with Crippen LogP contribution in [0.3, 0.4) is 0 Å². The van der Waals surface area contributed by atoms with Crippen LogP contribution in [0.5, 0.6) is 0 Å². The van der Waals surface area contributed by atoms with Gasteiger partial charge in [0.15, 0.2) is 0 Å². The van der Waals surface area contributed by atoms with Crippen molar-refractivity contribution in [3.63, 3.8) is 0 Å². The number of thiophene rings is 1. The van der Waals surface area contributed by atoms with Gasteiger partial charge in [0.2, 0.25) is 5.91 Å². The highest BCUT2D eigenvalue weighted by atomic mass is 32.1. The van der Waals surface area contributed by atoms with E-state index in [0.717, 1.165) is 5.69 Å². The summed E-state index contributed by atoms with van der Waals surface area (Å²) in [5, 5.41) is 7.23. The summed E-state index contributed by atoms with van der Waals surface area (Å²) in [5.41, 5.74) is 0.841. The SMILES string of the molecule is Cc1cccc(NC(=O)CCNC(=O)c2cccs2)n1. The number of nitrogens with zero attached hydrogens (tertiary/aromatic N) is 1. The van der Waals surface area contributed by atoms with Crippen molar-refractivity contribution in [3.05, 3.63) is 46.3 Å². The van der Waals surface area contributed by atoms with Crippen molar-refractivity contribution in [3.8, 4) is 0 Å². The summed E-state index contributed by atoms with van der Waals surface area (Å²) in [4.78, 5) is 28.2. The number of carbonyl (C=O) groups is 2. The fourth-order valence-corrected chi connectivity index (χ4v) is 2.24. The van der Waals surface area contributed by atoms with Gasteiger partial charge in [-0.3, -0.25) is 9.59 Å². The van der Waals surface area contributed by atoms with Crippen molar-refractivity contribution in [1.82, 2.24) is 10.3 Å². The molecule has 2 amide bonds. The minimum Gasteiger partial charge on any atom is -0.351 e. The van der Waals surface area contributed by atoms with Crippen molar-refractivity contribution in [1.29, 1.82) is 0 Å². The van der Waals surface area contributed by atoms with Crippen LogP contribution < -0.4 is 10.6 Å². The quantitative estimate of drug-likeness (QED) is 0.886. The first kappa shape index (κ1) is 14.2. The molecule has 0 spiro atoms. The maximum atomic E-state index is 11.7. The number of hydrogen-bond acceptors (Lipinski definition) is 4. The second-order valence-electron chi connectivity index (χ2n) is 4.20. The fraction of sp³-hybridized carbons (Fsp3) is 0.214. The van der Waals surface area contributed by atoms with E-state index >= 15 is 0 Å². The van der Waals surface area contributed by atoms with Gasteiger partial charge in [-0.2, -0.15) is 0 Å². The zero-order chi connectivity index (χ0) is 14.4. The standard InChI is InChI=1S/C14H15N3O2S/c1-10-4-2-6-12(16-10)17-13(18)7-8-15-14(19)11-5-3-9-20-11/h2-6,9H,7-8H2,1H3,(H,15,19)(H,16,17,18). The predicted molar refractivity (Wildman–Crippen MR) is 78.9 cm³/mol. The largest absolute Gasteiger partial charge is 0.351 e. The lowest BCUT2D eigenvalue weighted by Gasteiger charge is -2.06. The molecule has 2 aromatic rings. The fourth-order valence-electron chi connectivity index (χ4n) is 1.60. The minimum atomic E-state index is -0.172. The average molecular weight is 289 g/mol. The van der Waals surface area contributed by atoms with Gasteiger partial charge in [0.05, 0.1) is 4.88 Å². The number of anilines is 1. The zero-order valence-corrected chi connectivity index (χ0v) is 11.9. The second-order valence-corrected chi connectivity index (χ2v) is 5.14. The van der Waals surface area contributed by atoms with E-state index in [1.807, 2.05) is 30.5 Å². The first-order valence-electron chi connectivity index (χ1n) is 6.20. The van der Waals surface area contributed by atoms with E-state index in [1.54, 1.807) is 12.1 Å². The van der Waals surface area contributed by atoms with Crippen molar-refractivity contribution in [2.24, 2.45) is 0 Å². The maximum Gasteiger partial charge on any atom is 0.261 e. The van der Waals surface area contributed by atoms with Crippen LogP contribution in [-0.2, 0) is 4.79 Å². The maximum absolute atomic E-state index is 11.7. The predicted octanol–water partition coefficient (Wildman–Crippen LogP) is 2.21. The third-order valence-corrected chi connectivity index (χ3v) is 3.41. The molecule has 2 rings (SSSR count). The van der Waals surface area contributed by atoms with Gasteiger partial charge < -0.3 is 10.6 Å². The lowest BCUT2D eigenvalue weighted by atomic mass is 10.3. The Morgan fingerprint density at radius 2 is 2.10 bits per heavy atom.